The van der Waals surface area contributed by atoms with E-state index in [0.29, 0.717) is 19.1 Å². The van der Waals surface area contributed by atoms with E-state index >= 15 is 0 Å². The molecule has 5 heteroatoms. The molecule has 1 saturated carbocycles. The number of fused-ring (bicyclic) bond motifs is 1. The van der Waals surface area contributed by atoms with E-state index in [0.717, 1.165) is 29.9 Å². The molecule has 0 bridgehead atoms. The molecule has 3 rings (SSSR count). The minimum atomic E-state index is -0.191. The Morgan fingerprint density at radius 1 is 1.24 bits per heavy atom. The van der Waals surface area contributed by atoms with E-state index in [2.05, 4.69) is 5.48 Å². The Morgan fingerprint density at radius 3 is 2.67 bits per heavy atom. The van der Waals surface area contributed by atoms with Gasteiger partial charge >= 0.3 is 0 Å². The fraction of sp³-hybridized carbons (Fsp3) is 0.562. The molecular formula is C16H21NO4. The van der Waals surface area contributed by atoms with Crippen molar-refractivity contribution in [1.82, 2.24) is 5.48 Å². The number of hydrogen-bond acceptors (Lipinski definition) is 4. The van der Waals surface area contributed by atoms with Gasteiger partial charge in [-0.1, -0.05) is 18.9 Å². The summed E-state index contributed by atoms with van der Waals surface area (Å²) in [6, 6.07) is 5.80. The van der Waals surface area contributed by atoms with Gasteiger partial charge in [0.15, 0.2) is 11.5 Å². The van der Waals surface area contributed by atoms with E-state index < -0.39 is 0 Å². The van der Waals surface area contributed by atoms with Gasteiger partial charge in [-0.3, -0.25) is 9.63 Å². The highest BCUT2D eigenvalue weighted by molar-refractivity contribution is 5.83. The molecule has 0 saturated heterocycles. The van der Waals surface area contributed by atoms with E-state index in [1.54, 1.807) is 0 Å². The van der Waals surface area contributed by atoms with Crippen LogP contribution in [0, 0.1) is 5.92 Å². The molecule has 1 aromatic rings. The lowest BCUT2D eigenvalue weighted by Crippen LogP contribution is -2.32. The van der Waals surface area contributed by atoms with Crippen LogP contribution in [0.1, 0.15) is 37.2 Å². The lowest BCUT2D eigenvalue weighted by atomic mass is 9.84. The minimum Gasteiger partial charge on any atom is -0.486 e. The van der Waals surface area contributed by atoms with Crippen molar-refractivity contribution < 1.29 is 19.1 Å². The number of carbonyl (C=O) groups excluding carboxylic acids is 1. The van der Waals surface area contributed by atoms with E-state index in [9.17, 15) is 4.79 Å². The Labute approximate surface area is 124 Å². The number of nitrogens with one attached hydrogen (secondary N) is 1. The van der Waals surface area contributed by atoms with Gasteiger partial charge in [-0.15, -0.1) is 0 Å². The highest BCUT2D eigenvalue weighted by atomic mass is 16.6. The highest BCUT2D eigenvalue weighted by Crippen LogP contribution is 2.40. The van der Waals surface area contributed by atoms with Crippen molar-refractivity contribution in [3.05, 3.63) is 23.8 Å². The van der Waals surface area contributed by atoms with Gasteiger partial charge in [0.25, 0.3) is 5.91 Å². The molecule has 21 heavy (non-hydrogen) atoms. The summed E-state index contributed by atoms with van der Waals surface area (Å²) >= 11 is 0. The zero-order valence-electron chi connectivity index (χ0n) is 12.3. The van der Waals surface area contributed by atoms with Crippen LogP contribution in [0.5, 0.6) is 11.5 Å². The van der Waals surface area contributed by atoms with Crippen LogP contribution in [0.2, 0.25) is 0 Å². The Kier molecular flexibility index (Phi) is 4.29. The molecule has 1 aliphatic carbocycles. The Bertz CT molecular complexity index is 511. The van der Waals surface area contributed by atoms with Crippen LogP contribution in [0.15, 0.2) is 18.2 Å². The maximum absolute atomic E-state index is 12.4. The number of hydrogen-bond donors (Lipinski definition) is 1. The van der Waals surface area contributed by atoms with Gasteiger partial charge in [0.2, 0.25) is 0 Å². The third-order valence-electron chi connectivity index (χ3n) is 4.28. The van der Waals surface area contributed by atoms with Gasteiger partial charge in [-0.25, -0.2) is 5.48 Å². The molecule has 1 atom stereocenters. The van der Waals surface area contributed by atoms with Crippen LogP contribution in [-0.2, 0) is 9.63 Å². The summed E-state index contributed by atoms with van der Waals surface area (Å²) in [4.78, 5) is 17.2. The van der Waals surface area contributed by atoms with Crippen LogP contribution >= 0.6 is 0 Å². The zero-order valence-corrected chi connectivity index (χ0v) is 12.3. The second-order valence-corrected chi connectivity index (χ2v) is 5.60. The van der Waals surface area contributed by atoms with Crippen molar-refractivity contribution in [2.24, 2.45) is 5.92 Å². The van der Waals surface area contributed by atoms with Gasteiger partial charge in [0, 0.05) is 0 Å². The van der Waals surface area contributed by atoms with E-state index in [4.69, 9.17) is 14.3 Å². The molecule has 114 valence electrons. The third-order valence-corrected chi connectivity index (χ3v) is 4.28. The Morgan fingerprint density at radius 2 is 1.95 bits per heavy atom. The number of rotatable bonds is 4. The molecule has 0 spiro atoms. The Balaban J connectivity index is 1.89. The van der Waals surface area contributed by atoms with Crippen molar-refractivity contribution in [2.75, 3.05) is 20.3 Å². The van der Waals surface area contributed by atoms with E-state index in [-0.39, 0.29) is 11.8 Å². The molecule has 1 unspecified atom stereocenters. The average Bonchev–Trinajstić information content (AvgIpc) is 3.01. The second kappa shape index (κ2) is 6.35. The predicted octanol–water partition coefficient (Wildman–Crippen LogP) is 2.41. The van der Waals surface area contributed by atoms with Crippen molar-refractivity contribution in [1.29, 1.82) is 0 Å². The molecule has 1 amide bonds. The molecule has 2 aliphatic rings. The Hall–Kier alpha value is -1.75. The lowest BCUT2D eigenvalue weighted by molar-refractivity contribution is -0.134. The molecule has 1 fully saturated rings. The second-order valence-electron chi connectivity index (χ2n) is 5.60. The normalized spacial score (nSPS) is 19.3. The maximum atomic E-state index is 12.4. The molecule has 0 radical (unpaired) electrons. The van der Waals surface area contributed by atoms with Crippen molar-refractivity contribution in [2.45, 2.75) is 31.6 Å². The van der Waals surface area contributed by atoms with Crippen LogP contribution in [0.3, 0.4) is 0 Å². The van der Waals surface area contributed by atoms with Crippen LogP contribution < -0.4 is 15.0 Å². The number of carbonyl (C=O) groups is 1. The molecule has 1 N–H and O–H groups in total. The largest absolute Gasteiger partial charge is 0.486 e. The standard InChI is InChI=1S/C16H21NO4/c1-19-17-16(18)15(11-4-2-3-5-11)12-6-7-13-14(10-12)21-9-8-20-13/h6-7,10-11,15H,2-5,8-9H2,1H3,(H,17,18). The number of benzene rings is 1. The summed E-state index contributed by atoms with van der Waals surface area (Å²) in [6.45, 7) is 1.12. The van der Waals surface area contributed by atoms with Crippen LogP contribution in [0.4, 0.5) is 0 Å². The van der Waals surface area contributed by atoms with Gasteiger partial charge in [-0.2, -0.15) is 0 Å². The van der Waals surface area contributed by atoms with Crippen molar-refractivity contribution >= 4 is 5.91 Å². The zero-order chi connectivity index (χ0) is 14.7. The summed E-state index contributed by atoms with van der Waals surface area (Å²) in [7, 11) is 1.47. The highest BCUT2D eigenvalue weighted by Gasteiger charge is 2.33. The third kappa shape index (κ3) is 2.97. The smallest absolute Gasteiger partial charge is 0.251 e. The first-order valence-corrected chi connectivity index (χ1v) is 7.52. The van der Waals surface area contributed by atoms with Gasteiger partial charge in [0.05, 0.1) is 13.0 Å². The summed E-state index contributed by atoms with van der Waals surface area (Å²) < 4.78 is 11.2. The average molecular weight is 291 g/mol. The van der Waals surface area contributed by atoms with Gasteiger partial charge in [-0.05, 0) is 36.5 Å². The number of ether oxygens (including phenoxy) is 2. The molecular weight excluding hydrogens is 270 g/mol. The first-order valence-electron chi connectivity index (χ1n) is 7.52. The minimum absolute atomic E-state index is 0.0823. The maximum Gasteiger partial charge on any atom is 0.251 e. The first-order chi connectivity index (χ1) is 10.3. The quantitative estimate of drug-likeness (QED) is 0.866. The summed E-state index contributed by atoms with van der Waals surface area (Å²) in [5.41, 5.74) is 3.46. The fourth-order valence-electron chi connectivity index (χ4n) is 3.35. The monoisotopic (exact) mass is 291 g/mol. The van der Waals surface area contributed by atoms with Gasteiger partial charge in [0.1, 0.15) is 13.2 Å². The van der Waals surface area contributed by atoms with E-state index in [1.807, 2.05) is 18.2 Å². The molecule has 1 aliphatic heterocycles. The van der Waals surface area contributed by atoms with Crippen molar-refractivity contribution in [3.63, 3.8) is 0 Å². The van der Waals surface area contributed by atoms with Crippen LogP contribution in [0.25, 0.3) is 0 Å². The van der Waals surface area contributed by atoms with E-state index in [1.165, 1.54) is 20.0 Å². The van der Waals surface area contributed by atoms with Gasteiger partial charge < -0.3 is 9.47 Å². The summed E-state index contributed by atoms with van der Waals surface area (Å²) in [5, 5.41) is 0. The lowest BCUT2D eigenvalue weighted by Gasteiger charge is -2.25. The predicted molar refractivity (Wildman–Crippen MR) is 77.3 cm³/mol. The summed E-state index contributed by atoms with van der Waals surface area (Å²) in [5.74, 6) is 1.57. The van der Waals surface area contributed by atoms with Crippen LogP contribution in [-0.4, -0.2) is 26.2 Å². The number of hydroxylamine groups is 1. The SMILES string of the molecule is CONC(=O)C(c1ccc2c(c1)OCCO2)C1CCCC1. The fourth-order valence-corrected chi connectivity index (χ4v) is 3.35. The summed E-state index contributed by atoms with van der Waals surface area (Å²) in [6.07, 6.45) is 4.53. The molecule has 5 nitrogen and oxygen atoms in total. The molecule has 1 aromatic carbocycles. The topological polar surface area (TPSA) is 56.8 Å². The van der Waals surface area contributed by atoms with Crippen molar-refractivity contribution in [3.8, 4) is 11.5 Å². The number of amides is 1. The molecule has 1 heterocycles. The molecule has 0 aromatic heterocycles. The first kappa shape index (κ1) is 14.2.